The number of nitrogens with one attached hydrogen (secondary N) is 2. The van der Waals surface area contributed by atoms with Crippen LogP contribution in [-0.2, 0) is 22.3 Å². The average Bonchev–Trinajstić information content (AvgIpc) is 3.09. The van der Waals surface area contributed by atoms with Crippen molar-refractivity contribution in [1.82, 2.24) is 10.3 Å². The number of hydrogen-bond donors (Lipinski definition) is 2. The summed E-state index contributed by atoms with van der Waals surface area (Å²) in [6, 6.07) is 15.8. The van der Waals surface area contributed by atoms with Crippen molar-refractivity contribution in [3.63, 3.8) is 0 Å². The first-order chi connectivity index (χ1) is 13.2. The molecule has 3 nitrogen and oxygen atoms in total. The molecule has 140 valence electrons. The van der Waals surface area contributed by atoms with Crippen LogP contribution in [0.15, 0.2) is 48.5 Å². The highest BCUT2D eigenvalue weighted by Gasteiger charge is 2.47. The molecule has 0 saturated heterocycles. The lowest BCUT2D eigenvalue weighted by molar-refractivity contribution is -0.101. The highest BCUT2D eigenvalue weighted by Crippen LogP contribution is 2.50. The van der Waals surface area contributed by atoms with Crippen LogP contribution in [0.4, 0.5) is 4.39 Å². The fourth-order valence-electron chi connectivity index (χ4n) is 5.20. The molecule has 0 atom stereocenters. The van der Waals surface area contributed by atoms with E-state index >= 15 is 0 Å². The number of aromatic nitrogens is 1. The molecule has 0 unspecified atom stereocenters. The van der Waals surface area contributed by atoms with Crippen molar-refractivity contribution < 1.29 is 9.13 Å². The SMILES string of the molecule is CNC1(c2ccccc2)CCC2(CC1)OCCc1c2[nH]c2ccc(F)cc12. The van der Waals surface area contributed by atoms with E-state index in [0.717, 1.165) is 43.0 Å². The van der Waals surface area contributed by atoms with E-state index in [1.807, 2.05) is 6.07 Å². The predicted octanol–water partition coefficient (Wildman–Crippen LogP) is 4.76. The van der Waals surface area contributed by atoms with Crippen LogP contribution in [0.2, 0.25) is 0 Å². The summed E-state index contributed by atoms with van der Waals surface area (Å²) in [6.07, 6.45) is 4.76. The lowest BCUT2D eigenvalue weighted by atomic mass is 9.68. The number of H-pyrrole nitrogens is 1. The van der Waals surface area contributed by atoms with Crippen molar-refractivity contribution in [2.45, 2.75) is 43.2 Å². The molecule has 0 bridgehead atoms. The Hall–Kier alpha value is -2.17. The Morgan fingerprint density at radius 3 is 2.56 bits per heavy atom. The first kappa shape index (κ1) is 17.0. The van der Waals surface area contributed by atoms with Crippen LogP contribution in [0.1, 0.15) is 42.5 Å². The van der Waals surface area contributed by atoms with E-state index in [0.29, 0.717) is 6.61 Å². The minimum Gasteiger partial charge on any atom is -0.368 e. The van der Waals surface area contributed by atoms with E-state index in [9.17, 15) is 4.39 Å². The Bertz CT molecular complexity index is 971. The van der Waals surface area contributed by atoms with Crippen LogP contribution < -0.4 is 5.32 Å². The van der Waals surface area contributed by atoms with E-state index in [1.165, 1.54) is 22.9 Å². The van der Waals surface area contributed by atoms with Crippen LogP contribution in [0.5, 0.6) is 0 Å². The van der Waals surface area contributed by atoms with Crippen LogP contribution >= 0.6 is 0 Å². The highest BCUT2D eigenvalue weighted by atomic mass is 19.1. The van der Waals surface area contributed by atoms with Gasteiger partial charge in [0, 0.05) is 16.4 Å². The lowest BCUT2D eigenvalue weighted by Gasteiger charge is -2.48. The largest absolute Gasteiger partial charge is 0.368 e. The zero-order chi connectivity index (χ0) is 18.5. The van der Waals surface area contributed by atoms with Gasteiger partial charge in [0.2, 0.25) is 0 Å². The molecule has 1 saturated carbocycles. The van der Waals surface area contributed by atoms with Gasteiger partial charge in [-0.05, 0) is 68.5 Å². The highest BCUT2D eigenvalue weighted by molar-refractivity contribution is 5.85. The molecule has 2 aliphatic rings. The molecule has 1 aromatic heterocycles. The molecule has 2 aromatic carbocycles. The maximum Gasteiger partial charge on any atom is 0.123 e. The molecule has 0 radical (unpaired) electrons. The normalized spacial score (nSPS) is 27.8. The fourth-order valence-corrected chi connectivity index (χ4v) is 5.20. The van der Waals surface area contributed by atoms with Crippen molar-refractivity contribution >= 4 is 10.9 Å². The molecule has 2 N–H and O–H groups in total. The maximum absolute atomic E-state index is 13.8. The third-order valence-electron chi connectivity index (χ3n) is 6.77. The van der Waals surface area contributed by atoms with Gasteiger partial charge >= 0.3 is 0 Å². The Morgan fingerprint density at radius 2 is 1.81 bits per heavy atom. The molecule has 1 fully saturated rings. The van der Waals surface area contributed by atoms with Crippen LogP contribution in [0, 0.1) is 5.82 Å². The summed E-state index contributed by atoms with van der Waals surface area (Å²) >= 11 is 0. The molecular formula is C23H25FN2O. The van der Waals surface area contributed by atoms with E-state index in [4.69, 9.17) is 4.74 Å². The number of halogens is 1. The molecule has 3 aromatic rings. The fraction of sp³-hybridized carbons (Fsp3) is 0.391. The Balaban J connectivity index is 1.53. The minimum absolute atomic E-state index is 0.00833. The maximum atomic E-state index is 13.8. The third-order valence-corrected chi connectivity index (χ3v) is 6.77. The standard InChI is InChI=1S/C23H25FN2O/c1-25-22(16-5-3-2-4-6-16)10-12-23(13-11-22)21-18(9-14-27-23)19-15-17(24)7-8-20(19)26-21/h2-8,15,25-26H,9-14H2,1H3. The third kappa shape index (κ3) is 2.54. The summed E-state index contributed by atoms with van der Waals surface area (Å²) in [5.74, 6) is -0.174. The van der Waals surface area contributed by atoms with Crippen LogP contribution in [0.25, 0.3) is 10.9 Å². The molecule has 2 heterocycles. The Labute approximate surface area is 158 Å². The average molecular weight is 364 g/mol. The molecule has 1 aliphatic heterocycles. The zero-order valence-electron chi connectivity index (χ0n) is 15.6. The minimum atomic E-state index is -0.280. The number of aromatic amines is 1. The van der Waals surface area contributed by atoms with Crippen molar-refractivity contribution in [1.29, 1.82) is 0 Å². The van der Waals surface area contributed by atoms with Gasteiger partial charge in [-0.25, -0.2) is 4.39 Å². The zero-order valence-corrected chi connectivity index (χ0v) is 15.6. The lowest BCUT2D eigenvalue weighted by Crippen LogP contribution is -2.49. The van der Waals surface area contributed by atoms with Crippen LogP contribution in [0.3, 0.4) is 0 Å². The van der Waals surface area contributed by atoms with Gasteiger partial charge in [0.05, 0.1) is 12.3 Å². The van der Waals surface area contributed by atoms with Gasteiger partial charge in [-0.15, -0.1) is 0 Å². The second-order valence-corrected chi connectivity index (χ2v) is 7.96. The molecule has 1 spiro atoms. The Morgan fingerprint density at radius 1 is 1.04 bits per heavy atom. The van der Waals surface area contributed by atoms with E-state index in [-0.39, 0.29) is 17.0 Å². The number of fused-ring (bicyclic) bond motifs is 4. The molecule has 1 aliphatic carbocycles. The first-order valence-corrected chi connectivity index (χ1v) is 9.85. The van der Waals surface area contributed by atoms with Crippen molar-refractivity contribution in [2.24, 2.45) is 0 Å². The summed E-state index contributed by atoms with van der Waals surface area (Å²) in [5.41, 5.74) is 4.49. The molecule has 5 rings (SSSR count). The van der Waals surface area contributed by atoms with Crippen molar-refractivity contribution in [3.8, 4) is 0 Å². The summed E-state index contributed by atoms with van der Waals surface area (Å²) in [4.78, 5) is 3.58. The van der Waals surface area contributed by atoms with E-state index in [2.05, 4.69) is 47.7 Å². The van der Waals surface area contributed by atoms with E-state index < -0.39 is 0 Å². The second kappa shape index (κ2) is 6.18. The smallest absolute Gasteiger partial charge is 0.123 e. The topological polar surface area (TPSA) is 37.0 Å². The second-order valence-electron chi connectivity index (χ2n) is 7.96. The van der Waals surface area contributed by atoms with Gasteiger partial charge < -0.3 is 15.0 Å². The number of rotatable bonds is 2. The first-order valence-electron chi connectivity index (χ1n) is 9.85. The van der Waals surface area contributed by atoms with Crippen LogP contribution in [-0.4, -0.2) is 18.6 Å². The molecular weight excluding hydrogens is 339 g/mol. The monoisotopic (exact) mass is 364 g/mol. The van der Waals surface area contributed by atoms with Gasteiger partial charge in [0.25, 0.3) is 0 Å². The quantitative estimate of drug-likeness (QED) is 0.688. The Kier molecular flexibility index (Phi) is 3.88. The van der Waals surface area contributed by atoms with Gasteiger partial charge in [0.15, 0.2) is 0 Å². The molecule has 0 amide bonds. The van der Waals surface area contributed by atoms with Crippen molar-refractivity contribution in [3.05, 3.63) is 71.2 Å². The van der Waals surface area contributed by atoms with Gasteiger partial charge in [-0.1, -0.05) is 30.3 Å². The summed E-state index contributed by atoms with van der Waals surface area (Å²) in [7, 11) is 2.06. The van der Waals surface area contributed by atoms with Crippen molar-refractivity contribution in [2.75, 3.05) is 13.7 Å². The van der Waals surface area contributed by atoms with E-state index in [1.54, 1.807) is 6.07 Å². The van der Waals surface area contributed by atoms with Gasteiger partial charge in [-0.2, -0.15) is 0 Å². The number of benzene rings is 2. The van der Waals surface area contributed by atoms with Gasteiger partial charge in [-0.3, -0.25) is 0 Å². The molecule has 27 heavy (non-hydrogen) atoms. The summed E-state index contributed by atoms with van der Waals surface area (Å²) < 4.78 is 20.2. The number of hydrogen-bond acceptors (Lipinski definition) is 2. The number of ether oxygens (including phenoxy) is 1. The van der Waals surface area contributed by atoms with Gasteiger partial charge in [0.1, 0.15) is 11.4 Å². The predicted molar refractivity (Wildman–Crippen MR) is 105 cm³/mol. The molecule has 4 heteroatoms. The summed E-state index contributed by atoms with van der Waals surface area (Å²) in [6.45, 7) is 0.703. The summed E-state index contributed by atoms with van der Waals surface area (Å²) in [5, 5.41) is 4.61.